The average Bonchev–Trinajstić information content (AvgIpc) is 3.02. The van der Waals surface area contributed by atoms with Gasteiger partial charge in [0.15, 0.2) is 0 Å². The number of aromatic nitrogens is 1. The van der Waals surface area contributed by atoms with E-state index in [0.717, 1.165) is 12.3 Å². The summed E-state index contributed by atoms with van der Waals surface area (Å²) in [5, 5.41) is 0. The lowest BCUT2D eigenvalue weighted by Gasteiger charge is -2.03. The van der Waals surface area contributed by atoms with Crippen LogP contribution in [0.2, 0.25) is 0 Å². The summed E-state index contributed by atoms with van der Waals surface area (Å²) in [5.74, 6) is 0.870. The van der Waals surface area contributed by atoms with Gasteiger partial charge in [-0.05, 0) is 24.5 Å². The standard InChI is InChI=1S/C11H14N2O2/c12-10-4-3-9(7-13-10)11(14)15-6-5-8-1-2-8/h3-4,7-8H,1-2,5-6H2,(H2,12,13). The highest BCUT2D eigenvalue weighted by atomic mass is 16.5. The van der Waals surface area contributed by atoms with Crippen LogP contribution in [0, 0.1) is 5.92 Å². The maximum Gasteiger partial charge on any atom is 0.339 e. The molecule has 1 fully saturated rings. The maximum atomic E-state index is 11.5. The molecule has 0 saturated heterocycles. The Morgan fingerprint density at radius 2 is 2.33 bits per heavy atom. The molecule has 0 aromatic carbocycles. The van der Waals surface area contributed by atoms with Gasteiger partial charge < -0.3 is 10.5 Å². The van der Waals surface area contributed by atoms with E-state index in [0.29, 0.717) is 18.0 Å². The average molecular weight is 206 g/mol. The molecule has 2 rings (SSSR count). The summed E-state index contributed by atoms with van der Waals surface area (Å²) >= 11 is 0. The van der Waals surface area contributed by atoms with Crippen LogP contribution in [0.5, 0.6) is 0 Å². The molecule has 4 nitrogen and oxygen atoms in total. The van der Waals surface area contributed by atoms with Crippen molar-refractivity contribution in [2.75, 3.05) is 12.3 Å². The molecule has 4 heteroatoms. The molecule has 0 spiro atoms. The van der Waals surface area contributed by atoms with Gasteiger partial charge in [-0.15, -0.1) is 0 Å². The Morgan fingerprint density at radius 3 is 2.93 bits per heavy atom. The van der Waals surface area contributed by atoms with E-state index in [4.69, 9.17) is 10.5 Å². The molecule has 1 aromatic heterocycles. The van der Waals surface area contributed by atoms with Crippen LogP contribution < -0.4 is 5.73 Å². The van der Waals surface area contributed by atoms with Gasteiger partial charge in [-0.1, -0.05) is 12.8 Å². The molecular weight excluding hydrogens is 192 g/mol. The lowest BCUT2D eigenvalue weighted by molar-refractivity contribution is 0.0494. The number of hydrogen-bond donors (Lipinski definition) is 1. The number of pyridine rings is 1. The third-order valence-electron chi connectivity index (χ3n) is 2.48. The quantitative estimate of drug-likeness (QED) is 0.760. The summed E-state index contributed by atoms with van der Waals surface area (Å²) in [7, 11) is 0. The highest BCUT2D eigenvalue weighted by molar-refractivity contribution is 5.89. The van der Waals surface area contributed by atoms with Crippen LogP contribution in [0.15, 0.2) is 18.3 Å². The SMILES string of the molecule is Nc1ccc(C(=O)OCCC2CC2)cn1. The first-order valence-electron chi connectivity index (χ1n) is 5.14. The highest BCUT2D eigenvalue weighted by Crippen LogP contribution is 2.32. The first-order chi connectivity index (χ1) is 7.25. The Labute approximate surface area is 88.4 Å². The summed E-state index contributed by atoms with van der Waals surface area (Å²) in [4.78, 5) is 15.3. The predicted molar refractivity (Wildman–Crippen MR) is 56.3 cm³/mol. The molecule has 0 amide bonds. The zero-order valence-corrected chi connectivity index (χ0v) is 8.48. The smallest absolute Gasteiger partial charge is 0.339 e. The number of ether oxygens (including phenoxy) is 1. The second kappa shape index (κ2) is 4.29. The largest absolute Gasteiger partial charge is 0.462 e. The number of hydrogen-bond acceptors (Lipinski definition) is 4. The molecule has 1 aliphatic rings. The minimum Gasteiger partial charge on any atom is -0.462 e. The number of carbonyl (C=O) groups is 1. The molecule has 0 atom stereocenters. The first-order valence-corrected chi connectivity index (χ1v) is 5.14. The Balaban J connectivity index is 1.81. The highest BCUT2D eigenvalue weighted by Gasteiger charge is 2.21. The van der Waals surface area contributed by atoms with Crippen molar-refractivity contribution in [3.8, 4) is 0 Å². The van der Waals surface area contributed by atoms with E-state index in [2.05, 4.69) is 4.98 Å². The van der Waals surface area contributed by atoms with E-state index in [1.165, 1.54) is 19.0 Å². The molecule has 1 saturated carbocycles. The van der Waals surface area contributed by atoms with Gasteiger partial charge in [0, 0.05) is 6.20 Å². The summed E-state index contributed by atoms with van der Waals surface area (Å²) in [5.41, 5.74) is 5.87. The molecule has 1 aromatic rings. The number of esters is 1. The minimum atomic E-state index is -0.317. The van der Waals surface area contributed by atoms with Gasteiger partial charge in [-0.2, -0.15) is 0 Å². The van der Waals surface area contributed by atoms with Crippen LogP contribution in [0.3, 0.4) is 0 Å². The summed E-state index contributed by atoms with van der Waals surface area (Å²) in [6.07, 6.45) is 4.98. The fourth-order valence-corrected chi connectivity index (χ4v) is 1.33. The van der Waals surface area contributed by atoms with Gasteiger partial charge in [0.2, 0.25) is 0 Å². The monoisotopic (exact) mass is 206 g/mol. The van der Waals surface area contributed by atoms with Crippen molar-refractivity contribution < 1.29 is 9.53 Å². The molecule has 15 heavy (non-hydrogen) atoms. The number of nitrogen functional groups attached to an aromatic ring is 1. The van der Waals surface area contributed by atoms with Gasteiger partial charge in [-0.3, -0.25) is 0 Å². The van der Waals surface area contributed by atoms with Gasteiger partial charge in [-0.25, -0.2) is 9.78 Å². The Bertz CT molecular complexity index is 344. The number of rotatable bonds is 4. The van der Waals surface area contributed by atoms with Crippen LogP contribution >= 0.6 is 0 Å². The van der Waals surface area contributed by atoms with Crippen molar-refractivity contribution in [2.24, 2.45) is 5.92 Å². The molecule has 1 heterocycles. The number of nitrogens with two attached hydrogens (primary N) is 1. The second-order valence-electron chi connectivity index (χ2n) is 3.84. The molecule has 0 aliphatic heterocycles. The number of nitrogens with zero attached hydrogens (tertiary/aromatic N) is 1. The summed E-state index contributed by atoms with van der Waals surface area (Å²) in [6.45, 7) is 0.508. The zero-order valence-electron chi connectivity index (χ0n) is 8.48. The minimum absolute atomic E-state index is 0.317. The van der Waals surface area contributed by atoms with E-state index in [-0.39, 0.29) is 5.97 Å². The Kier molecular flexibility index (Phi) is 2.85. The second-order valence-corrected chi connectivity index (χ2v) is 3.84. The predicted octanol–water partition coefficient (Wildman–Crippen LogP) is 1.62. The fourth-order valence-electron chi connectivity index (χ4n) is 1.33. The van der Waals surface area contributed by atoms with Gasteiger partial charge in [0.05, 0.1) is 12.2 Å². The lowest BCUT2D eigenvalue weighted by Crippen LogP contribution is -2.07. The van der Waals surface area contributed by atoms with Crippen LogP contribution in [-0.4, -0.2) is 17.6 Å². The number of carbonyl (C=O) groups excluding carboxylic acids is 1. The van der Waals surface area contributed by atoms with Crippen molar-refractivity contribution in [2.45, 2.75) is 19.3 Å². The summed E-state index contributed by atoms with van der Waals surface area (Å²) in [6, 6.07) is 3.22. The molecule has 0 bridgehead atoms. The Hall–Kier alpha value is -1.58. The van der Waals surface area contributed by atoms with Gasteiger partial charge in [0.1, 0.15) is 5.82 Å². The van der Waals surface area contributed by atoms with Crippen LogP contribution in [0.25, 0.3) is 0 Å². The maximum absolute atomic E-state index is 11.5. The van der Waals surface area contributed by atoms with Crippen LogP contribution in [0.4, 0.5) is 5.82 Å². The normalized spacial score (nSPS) is 14.9. The van der Waals surface area contributed by atoms with Crippen LogP contribution in [-0.2, 0) is 4.74 Å². The lowest BCUT2D eigenvalue weighted by atomic mass is 10.3. The molecule has 2 N–H and O–H groups in total. The topological polar surface area (TPSA) is 65.2 Å². The Morgan fingerprint density at radius 1 is 1.53 bits per heavy atom. The molecule has 0 radical (unpaired) electrons. The van der Waals surface area contributed by atoms with Gasteiger partial charge in [0.25, 0.3) is 0 Å². The van der Waals surface area contributed by atoms with Crippen LogP contribution in [0.1, 0.15) is 29.6 Å². The first kappa shape index (κ1) is 9.96. The van der Waals surface area contributed by atoms with Crippen molar-refractivity contribution in [3.63, 3.8) is 0 Å². The zero-order chi connectivity index (χ0) is 10.7. The molecule has 80 valence electrons. The summed E-state index contributed by atoms with van der Waals surface area (Å²) < 4.78 is 5.10. The molecular formula is C11H14N2O2. The van der Waals surface area contributed by atoms with E-state index in [1.54, 1.807) is 12.1 Å². The third kappa shape index (κ3) is 2.94. The van der Waals surface area contributed by atoms with Crippen molar-refractivity contribution in [1.82, 2.24) is 4.98 Å². The van der Waals surface area contributed by atoms with E-state index >= 15 is 0 Å². The van der Waals surface area contributed by atoms with Crippen molar-refractivity contribution in [3.05, 3.63) is 23.9 Å². The van der Waals surface area contributed by atoms with E-state index in [1.807, 2.05) is 0 Å². The van der Waals surface area contributed by atoms with Gasteiger partial charge >= 0.3 is 5.97 Å². The van der Waals surface area contributed by atoms with E-state index < -0.39 is 0 Å². The van der Waals surface area contributed by atoms with E-state index in [9.17, 15) is 4.79 Å². The number of anilines is 1. The van der Waals surface area contributed by atoms with Crippen molar-refractivity contribution >= 4 is 11.8 Å². The molecule has 0 unspecified atom stereocenters. The third-order valence-corrected chi connectivity index (χ3v) is 2.48. The molecule has 1 aliphatic carbocycles. The fraction of sp³-hybridized carbons (Fsp3) is 0.455. The van der Waals surface area contributed by atoms with Crippen molar-refractivity contribution in [1.29, 1.82) is 0 Å².